The second kappa shape index (κ2) is 6.42. The van der Waals surface area contributed by atoms with E-state index in [1.165, 1.54) is 28.7 Å². The van der Waals surface area contributed by atoms with E-state index in [2.05, 4.69) is 44.2 Å². The first kappa shape index (κ1) is 13.7. The van der Waals surface area contributed by atoms with Gasteiger partial charge in [0.2, 0.25) is 0 Å². The van der Waals surface area contributed by atoms with Gasteiger partial charge in [-0.1, -0.05) is 49.7 Å². The van der Waals surface area contributed by atoms with Crippen molar-refractivity contribution < 1.29 is 4.74 Å². The average molecular weight is 254 g/mol. The lowest BCUT2D eigenvalue weighted by molar-refractivity contribution is 0.410. The van der Waals surface area contributed by atoms with Gasteiger partial charge in [-0.05, 0) is 41.7 Å². The van der Waals surface area contributed by atoms with Crippen molar-refractivity contribution >= 4 is 0 Å². The van der Waals surface area contributed by atoms with Crippen LogP contribution in [0, 0.1) is 6.92 Å². The van der Waals surface area contributed by atoms with Crippen LogP contribution in [0.2, 0.25) is 0 Å². The summed E-state index contributed by atoms with van der Waals surface area (Å²) >= 11 is 0. The van der Waals surface area contributed by atoms with Gasteiger partial charge in [0.1, 0.15) is 5.75 Å². The maximum absolute atomic E-state index is 5.42. The molecule has 100 valence electrons. The molecule has 0 aliphatic heterocycles. The number of rotatable bonds is 5. The second-order valence-corrected chi connectivity index (χ2v) is 5.00. The van der Waals surface area contributed by atoms with E-state index in [1.807, 2.05) is 12.1 Å². The van der Waals surface area contributed by atoms with Crippen LogP contribution in [0.5, 0.6) is 5.75 Å². The van der Waals surface area contributed by atoms with Crippen LogP contribution in [-0.4, -0.2) is 7.11 Å². The molecule has 0 aliphatic rings. The van der Waals surface area contributed by atoms with Crippen molar-refractivity contribution in [2.75, 3.05) is 7.11 Å². The minimum Gasteiger partial charge on any atom is -0.496 e. The van der Waals surface area contributed by atoms with Gasteiger partial charge >= 0.3 is 0 Å². The molecule has 2 rings (SSSR count). The summed E-state index contributed by atoms with van der Waals surface area (Å²) in [6.07, 6.45) is 3.28. The lowest BCUT2D eigenvalue weighted by Crippen LogP contribution is -1.96. The molecular formula is C18H22O. The Bertz CT molecular complexity index is 543. The van der Waals surface area contributed by atoms with E-state index in [9.17, 15) is 0 Å². The fraction of sp³-hybridized carbons (Fsp3) is 0.333. The van der Waals surface area contributed by atoms with Crippen LogP contribution in [0.1, 0.15) is 35.6 Å². The summed E-state index contributed by atoms with van der Waals surface area (Å²) in [5.74, 6) is 0.972. The van der Waals surface area contributed by atoms with Crippen LogP contribution < -0.4 is 4.74 Å². The molecule has 0 N–H and O–H groups in total. The van der Waals surface area contributed by atoms with E-state index in [0.717, 1.165) is 18.6 Å². The van der Waals surface area contributed by atoms with Crippen LogP contribution in [0.25, 0.3) is 0 Å². The smallest absolute Gasteiger partial charge is 0.122 e. The van der Waals surface area contributed by atoms with Crippen molar-refractivity contribution in [3.05, 3.63) is 64.7 Å². The molecule has 0 bridgehead atoms. The van der Waals surface area contributed by atoms with Gasteiger partial charge in [-0.2, -0.15) is 0 Å². The summed E-state index contributed by atoms with van der Waals surface area (Å²) in [5, 5.41) is 0. The molecule has 0 radical (unpaired) electrons. The zero-order valence-electron chi connectivity index (χ0n) is 12.1. The van der Waals surface area contributed by atoms with Gasteiger partial charge < -0.3 is 4.74 Å². The van der Waals surface area contributed by atoms with Gasteiger partial charge in [0.25, 0.3) is 0 Å². The maximum atomic E-state index is 5.42. The zero-order chi connectivity index (χ0) is 13.7. The van der Waals surface area contributed by atoms with Gasteiger partial charge in [0.05, 0.1) is 7.11 Å². The summed E-state index contributed by atoms with van der Waals surface area (Å²) in [6.45, 7) is 4.42. The number of methoxy groups -OCH3 is 1. The third kappa shape index (κ3) is 3.37. The van der Waals surface area contributed by atoms with Crippen molar-refractivity contribution in [2.45, 2.75) is 33.1 Å². The third-order valence-corrected chi connectivity index (χ3v) is 3.52. The molecule has 0 saturated heterocycles. The minimum atomic E-state index is 0.932. The van der Waals surface area contributed by atoms with Crippen molar-refractivity contribution in [1.29, 1.82) is 0 Å². The molecule has 0 spiro atoms. The first-order chi connectivity index (χ1) is 9.24. The number of aryl methyl sites for hydroxylation is 2. The van der Waals surface area contributed by atoms with Crippen molar-refractivity contribution in [3.63, 3.8) is 0 Å². The molecule has 0 saturated carbocycles. The van der Waals surface area contributed by atoms with E-state index in [4.69, 9.17) is 4.74 Å². The molecule has 0 atom stereocenters. The molecule has 2 aromatic rings. The van der Waals surface area contributed by atoms with Gasteiger partial charge in [0.15, 0.2) is 0 Å². The van der Waals surface area contributed by atoms with Crippen molar-refractivity contribution in [2.24, 2.45) is 0 Å². The van der Waals surface area contributed by atoms with E-state index < -0.39 is 0 Å². The monoisotopic (exact) mass is 254 g/mol. The fourth-order valence-corrected chi connectivity index (χ4v) is 2.44. The highest BCUT2D eigenvalue weighted by Gasteiger charge is 2.05. The van der Waals surface area contributed by atoms with E-state index in [1.54, 1.807) is 7.11 Å². The third-order valence-electron chi connectivity index (χ3n) is 3.52. The molecule has 19 heavy (non-hydrogen) atoms. The molecular weight excluding hydrogens is 232 g/mol. The summed E-state index contributed by atoms with van der Waals surface area (Å²) in [4.78, 5) is 0. The molecule has 0 aliphatic carbocycles. The first-order valence-corrected chi connectivity index (χ1v) is 6.95. The predicted molar refractivity (Wildman–Crippen MR) is 81.0 cm³/mol. The topological polar surface area (TPSA) is 9.23 Å². The lowest BCUT2D eigenvalue weighted by atomic mass is 9.97. The highest BCUT2D eigenvalue weighted by molar-refractivity contribution is 5.39. The highest BCUT2D eigenvalue weighted by Crippen LogP contribution is 2.22. The zero-order valence-corrected chi connectivity index (χ0v) is 12.1. The Kier molecular flexibility index (Phi) is 4.62. The van der Waals surface area contributed by atoms with Crippen molar-refractivity contribution in [3.8, 4) is 5.75 Å². The predicted octanol–water partition coefficient (Wildman–Crippen LogP) is 4.55. The number of para-hydroxylation sites is 1. The largest absolute Gasteiger partial charge is 0.496 e. The highest BCUT2D eigenvalue weighted by atomic mass is 16.5. The number of hydrogen-bond acceptors (Lipinski definition) is 1. The molecule has 0 heterocycles. The standard InChI is InChI=1S/C18H22O/c1-4-7-16-12-15(11-10-14(16)2)13-17-8-5-6-9-18(17)19-3/h5-6,8-12H,4,7,13H2,1-3H3. The summed E-state index contributed by atoms with van der Waals surface area (Å²) in [7, 11) is 1.73. The average Bonchev–Trinajstić information content (AvgIpc) is 2.43. The molecule has 1 nitrogen and oxygen atoms in total. The van der Waals surface area contributed by atoms with Crippen LogP contribution in [0.15, 0.2) is 42.5 Å². The Morgan fingerprint density at radius 2 is 1.79 bits per heavy atom. The minimum absolute atomic E-state index is 0.932. The molecule has 1 heteroatoms. The molecule has 0 unspecified atom stereocenters. The second-order valence-electron chi connectivity index (χ2n) is 5.00. The van der Waals surface area contributed by atoms with Crippen molar-refractivity contribution in [1.82, 2.24) is 0 Å². The SMILES string of the molecule is CCCc1cc(Cc2ccccc2OC)ccc1C. The Balaban J connectivity index is 2.25. The Morgan fingerprint density at radius 3 is 2.53 bits per heavy atom. The van der Waals surface area contributed by atoms with E-state index in [-0.39, 0.29) is 0 Å². The van der Waals surface area contributed by atoms with Crippen LogP contribution >= 0.6 is 0 Å². The van der Waals surface area contributed by atoms with E-state index >= 15 is 0 Å². The fourth-order valence-electron chi connectivity index (χ4n) is 2.44. The van der Waals surface area contributed by atoms with Gasteiger partial charge in [-0.3, -0.25) is 0 Å². The van der Waals surface area contributed by atoms with Gasteiger partial charge in [-0.15, -0.1) is 0 Å². The summed E-state index contributed by atoms with van der Waals surface area (Å²) in [6, 6.07) is 15.0. The van der Waals surface area contributed by atoms with Crippen LogP contribution in [0.3, 0.4) is 0 Å². The molecule has 0 amide bonds. The lowest BCUT2D eigenvalue weighted by Gasteiger charge is -2.11. The summed E-state index contributed by atoms with van der Waals surface area (Å²) < 4.78 is 5.42. The first-order valence-electron chi connectivity index (χ1n) is 6.95. The van der Waals surface area contributed by atoms with E-state index in [0.29, 0.717) is 0 Å². The van der Waals surface area contributed by atoms with Crippen LogP contribution in [-0.2, 0) is 12.8 Å². The Morgan fingerprint density at radius 1 is 1.00 bits per heavy atom. The van der Waals surface area contributed by atoms with Gasteiger partial charge in [-0.25, -0.2) is 0 Å². The number of hydrogen-bond donors (Lipinski definition) is 0. The normalized spacial score (nSPS) is 10.5. The van der Waals surface area contributed by atoms with Gasteiger partial charge in [0, 0.05) is 6.42 Å². The maximum Gasteiger partial charge on any atom is 0.122 e. The van der Waals surface area contributed by atoms with Crippen LogP contribution in [0.4, 0.5) is 0 Å². The summed E-state index contributed by atoms with van der Waals surface area (Å²) in [5.41, 5.74) is 5.47. The number of benzene rings is 2. The Hall–Kier alpha value is -1.76. The molecule has 0 aromatic heterocycles. The molecule has 2 aromatic carbocycles. The Labute approximate surface area is 116 Å². The molecule has 0 fully saturated rings. The number of ether oxygens (including phenoxy) is 1. The quantitative estimate of drug-likeness (QED) is 0.760.